The van der Waals surface area contributed by atoms with Gasteiger partial charge in [0.1, 0.15) is 18.1 Å². The molecule has 0 aliphatic carbocycles. The van der Waals surface area contributed by atoms with Gasteiger partial charge in [0, 0.05) is 26.7 Å². The molecular formula is C17H25N5O3. The van der Waals surface area contributed by atoms with E-state index in [1.165, 1.54) is 13.4 Å². The van der Waals surface area contributed by atoms with Gasteiger partial charge >= 0.3 is 0 Å². The Hall–Kier alpha value is -2.22. The summed E-state index contributed by atoms with van der Waals surface area (Å²) >= 11 is 0. The third-order valence-electron chi connectivity index (χ3n) is 4.72. The van der Waals surface area contributed by atoms with Gasteiger partial charge in [0.25, 0.3) is 5.91 Å². The molecule has 3 rings (SSSR count). The van der Waals surface area contributed by atoms with Crippen molar-refractivity contribution in [2.24, 2.45) is 0 Å². The molecule has 1 N–H and O–H groups in total. The fraction of sp³-hybridized carbons (Fsp3) is 0.647. The molecule has 25 heavy (non-hydrogen) atoms. The maximum absolute atomic E-state index is 12.5. The fourth-order valence-corrected chi connectivity index (χ4v) is 3.40. The Balaban J connectivity index is 1.65. The highest BCUT2D eigenvalue weighted by molar-refractivity contribution is 5.97. The average molecular weight is 347 g/mol. The lowest BCUT2D eigenvalue weighted by Crippen LogP contribution is -2.43. The van der Waals surface area contributed by atoms with E-state index in [0.717, 1.165) is 44.6 Å². The van der Waals surface area contributed by atoms with Gasteiger partial charge in [-0.05, 0) is 32.1 Å². The van der Waals surface area contributed by atoms with Crippen LogP contribution in [-0.4, -0.2) is 66.1 Å². The molecule has 2 fully saturated rings. The molecule has 8 heteroatoms. The summed E-state index contributed by atoms with van der Waals surface area (Å²) in [6, 6.07) is 0. The number of rotatable bonds is 5. The van der Waals surface area contributed by atoms with Crippen LogP contribution in [0.2, 0.25) is 0 Å². The second-order valence-electron chi connectivity index (χ2n) is 6.48. The van der Waals surface area contributed by atoms with Crippen molar-refractivity contribution in [3.05, 3.63) is 12.5 Å². The first kappa shape index (κ1) is 17.6. The van der Waals surface area contributed by atoms with E-state index in [9.17, 15) is 9.59 Å². The Labute approximate surface area is 147 Å². The molecule has 0 bridgehead atoms. The zero-order valence-corrected chi connectivity index (χ0v) is 14.6. The van der Waals surface area contributed by atoms with Crippen LogP contribution in [0.15, 0.2) is 12.5 Å². The van der Waals surface area contributed by atoms with Crippen molar-refractivity contribution in [2.75, 3.05) is 43.5 Å². The van der Waals surface area contributed by atoms with Crippen LogP contribution >= 0.6 is 0 Å². The first-order chi connectivity index (χ1) is 12.2. The summed E-state index contributed by atoms with van der Waals surface area (Å²) in [4.78, 5) is 37.0. The van der Waals surface area contributed by atoms with E-state index in [2.05, 4.69) is 20.2 Å². The number of aromatic nitrogens is 2. The van der Waals surface area contributed by atoms with Crippen molar-refractivity contribution in [1.29, 1.82) is 0 Å². The lowest BCUT2D eigenvalue weighted by atomic mass is 10.2. The van der Waals surface area contributed by atoms with Gasteiger partial charge in [0.2, 0.25) is 5.91 Å². The minimum atomic E-state index is -0.449. The number of hydrogen-bond donors (Lipinski definition) is 1. The summed E-state index contributed by atoms with van der Waals surface area (Å²) < 4.78 is 5.25. The molecule has 1 aromatic rings. The normalized spacial score (nSPS) is 21.3. The number of ether oxygens (including phenoxy) is 1. The average Bonchev–Trinajstić information content (AvgIpc) is 3.09. The minimum absolute atomic E-state index is 0.0209. The van der Waals surface area contributed by atoms with Crippen LogP contribution in [0.4, 0.5) is 11.5 Å². The van der Waals surface area contributed by atoms with E-state index in [-0.39, 0.29) is 18.4 Å². The van der Waals surface area contributed by atoms with Crippen LogP contribution in [0.1, 0.15) is 32.1 Å². The topological polar surface area (TPSA) is 87.7 Å². The number of methoxy groups -OCH3 is 1. The Kier molecular flexibility index (Phi) is 5.80. The standard InChI is InChI=1S/C17H25N5O3/c1-25-14-6-2-3-9-22(17(14)24)11-15(23)20-13-10-18-12-19-16(13)21-7-4-5-8-21/h10,12,14H,2-9,11H2,1H3,(H,20,23). The number of anilines is 2. The van der Waals surface area contributed by atoms with E-state index < -0.39 is 6.10 Å². The Morgan fingerprint density at radius 2 is 2.04 bits per heavy atom. The summed E-state index contributed by atoms with van der Waals surface area (Å²) in [5, 5.41) is 2.87. The van der Waals surface area contributed by atoms with Gasteiger partial charge in [0.05, 0.1) is 12.7 Å². The van der Waals surface area contributed by atoms with Crippen molar-refractivity contribution in [1.82, 2.24) is 14.9 Å². The third-order valence-corrected chi connectivity index (χ3v) is 4.72. The second kappa shape index (κ2) is 8.24. The van der Waals surface area contributed by atoms with Crippen LogP contribution in [0, 0.1) is 0 Å². The molecule has 0 spiro atoms. The smallest absolute Gasteiger partial charge is 0.252 e. The molecule has 1 aromatic heterocycles. The fourth-order valence-electron chi connectivity index (χ4n) is 3.40. The highest BCUT2D eigenvalue weighted by Crippen LogP contribution is 2.25. The Bertz CT molecular complexity index is 618. The maximum Gasteiger partial charge on any atom is 0.252 e. The summed E-state index contributed by atoms with van der Waals surface area (Å²) in [6.45, 7) is 2.46. The molecule has 0 saturated carbocycles. The molecule has 0 aromatic carbocycles. The van der Waals surface area contributed by atoms with E-state index in [1.807, 2.05) is 0 Å². The van der Waals surface area contributed by atoms with Gasteiger partial charge in [-0.2, -0.15) is 0 Å². The zero-order chi connectivity index (χ0) is 17.6. The van der Waals surface area contributed by atoms with Crippen LogP contribution in [0.5, 0.6) is 0 Å². The van der Waals surface area contributed by atoms with Gasteiger partial charge in [0.15, 0.2) is 5.82 Å². The molecule has 2 saturated heterocycles. The third kappa shape index (κ3) is 4.25. The maximum atomic E-state index is 12.5. The van der Waals surface area contributed by atoms with E-state index >= 15 is 0 Å². The number of nitrogens with one attached hydrogen (secondary N) is 1. The largest absolute Gasteiger partial charge is 0.372 e. The van der Waals surface area contributed by atoms with Crippen LogP contribution in [0.25, 0.3) is 0 Å². The SMILES string of the molecule is COC1CCCCN(CC(=O)Nc2cncnc2N2CCCC2)C1=O. The molecule has 0 radical (unpaired) electrons. The molecule has 2 aliphatic rings. The zero-order valence-electron chi connectivity index (χ0n) is 14.6. The number of carbonyl (C=O) groups is 2. The first-order valence-electron chi connectivity index (χ1n) is 8.85. The summed E-state index contributed by atoms with van der Waals surface area (Å²) in [6.07, 6.45) is 7.41. The molecule has 1 atom stereocenters. The predicted molar refractivity (Wildman–Crippen MR) is 93.3 cm³/mol. The van der Waals surface area contributed by atoms with Crippen molar-refractivity contribution in [2.45, 2.75) is 38.2 Å². The number of hydrogen-bond acceptors (Lipinski definition) is 6. The lowest BCUT2D eigenvalue weighted by Gasteiger charge is -2.24. The van der Waals surface area contributed by atoms with Crippen molar-refractivity contribution < 1.29 is 14.3 Å². The van der Waals surface area contributed by atoms with Crippen LogP contribution in [0.3, 0.4) is 0 Å². The number of likely N-dealkylation sites (tertiary alicyclic amines) is 1. The molecule has 8 nitrogen and oxygen atoms in total. The molecule has 2 amide bonds. The monoisotopic (exact) mass is 347 g/mol. The Morgan fingerprint density at radius 1 is 1.28 bits per heavy atom. The van der Waals surface area contributed by atoms with Gasteiger partial charge in [-0.25, -0.2) is 9.97 Å². The Morgan fingerprint density at radius 3 is 2.80 bits per heavy atom. The molecule has 1 unspecified atom stereocenters. The number of carbonyl (C=O) groups excluding carboxylic acids is 2. The van der Waals surface area contributed by atoms with Gasteiger partial charge < -0.3 is 19.9 Å². The lowest BCUT2D eigenvalue weighted by molar-refractivity contribution is -0.143. The quantitative estimate of drug-likeness (QED) is 0.856. The summed E-state index contributed by atoms with van der Waals surface area (Å²) in [5.41, 5.74) is 0.597. The molecular weight excluding hydrogens is 322 g/mol. The van der Waals surface area contributed by atoms with E-state index in [1.54, 1.807) is 11.1 Å². The van der Waals surface area contributed by atoms with Gasteiger partial charge in [-0.1, -0.05) is 0 Å². The summed E-state index contributed by atoms with van der Waals surface area (Å²) in [5.74, 6) is 0.400. The first-order valence-corrected chi connectivity index (χ1v) is 8.85. The summed E-state index contributed by atoms with van der Waals surface area (Å²) in [7, 11) is 1.54. The number of amides is 2. The van der Waals surface area contributed by atoms with Crippen molar-refractivity contribution >= 4 is 23.3 Å². The number of nitrogens with zero attached hydrogens (tertiary/aromatic N) is 4. The highest BCUT2D eigenvalue weighted by Gasteiger charge is 2.28. The van der Waals surface area contributed by atoms with Gasteiger partial charge in [-0.3, -0.25) is 9.59 Å². The minimum Gasteiger partial charge on any atom is -0.372 e. The molecule has 3 heterocycles. The highest BCUT2D eigenvalue weighted by atomic mass is 16.5. The molecule has 136 valence electrons. The molecule has 2 aliphatic heterocycles. The van der Waals surface area contributed by atoms with Crippen molar-refractivity contribution in [3.8, 4) is 0 Å². The van der Waals surface area contributed by atoms with Crippen LogP contribution < -0.4 is 10.2 Å². The van der Waals surface area contributed by atoms with Gasteiger partial charge in [-0.15, -0.1) is 0 Å². The van der Waals surface area contributed by atoms with Crippen molar-refractivity contribution in [3.63, 3.8) is 0 Å². The van der Waals surface area contributed by atoms with E-state index in [4.69, 9.17) is 4.74 Å². The second-order valence-corrected chi connectivity index (χ2v) is 6.48. The van der Waals surface area contributed by atoms with E-state index in [0.29, 0.717) is 18.7 Å². The van der Waals surface area contributed by atoms with Crippen LogP contribution in [-0.2, 0) is 14.3 Å². The predicted octanol–water partition coefficient (Wildman–Crippen LogP) is 1.04.